The van der Waals surface area contributed by atoms with E-state index in [1.807, 2.05) is 6.08 Å². The van der Waals surface area contributed by atoms with Gasteiger partial charge in [0.05, 0.1) is 6.10 Å². The summed E-state index contributed by atoms with van der Waals surface area (Å²) in [5, 5.41) is 10.6. The fourth-order valence-electron chi connectivity index (χ4n) is 9.46. The van der Waals surface area contributed by atoms with Crippen LogP contribution in [0.3, 0.4) is 0 Å². The maximum atomic E-state index is 12.8. The quantitative estimate of drug-likeness (QED) is 0.459. The van der Waals surface area contributed by atoms with E-state index in [-0.39, 0.29) is 22.3 Å². The number of aliphatic hydroxyl groups is 1. The molecule has 0 aromatic rings. The van der Waals surface area contributed by atoms with E-state index in [0.29, 0.717) is 34.9 Å². The van der Waals surface area contributed by atoms with Gasteiger partial charge in [0.1, 0.15) is 5.78 Å². The highest BCUT2D eigenvalue weighted by molar-refractivity contribution is 5.85. The molecule has 0 heterocycles. The Morgan fingerprint density at radius 1 is 1.12 bits per heavy atom. The number of allylic oxidation sites excluding steroid dienone is 3. The zero-order chi connectivity index (χ0) is 23.7. The molecule has 0 amide bonds. The van der Waals surface area contributed by atoms with Gasteiger partial charge in [0.15, 0.2) is 0 Å². The van der Waals surface area contributed by atoms with E-state index >= 15 is 0 Å². The summed E-state index contributed by atoms with van der Waals surface area (Å²) in [6.45, 7) is 18.7. The van der Waals surface area contributed by atoms with Crippen molar-refractivity contribution in [2.24, 2.45) is 45.3 Å². The molecule has 1 N–H and O–H groups in total. The normalized spacial score (nSPS) is 44.6. The molecule has 3 fully saturated rings. The van der Waals surface area contributed by atoms with Gasteiger partial charge in [0.2, 0.25) is 0 Å². The van der Waals surface area contributed by atoms with Crippen molar-refractivity contribution in [1.82, 2.24) is 0 Å². The molecule has 4 aliphatic rings. The molecular weight excluding hydrogens is 392 g/mol. The molecule has 0 aromatic carbocycles. The van der Waals surface area contributed by atoms with E-state index in [1.165, 1.54) is 31.3 Å². The number of Topliss-reactive ketones (excluding diaryl/α,β-unsaturated/α-hetero) is 1. The highest BCUT2D eigenvalue weighted by Crippen LogP contribution is 2.73. The Morgan fingerprint density at radius 2 is 1.81 bits per heavy atom. The Bertz CT molecular complexity index is 830. The third-order valence-corrected chi connectivity index (χ3v) is 11.5. The molecule has 2 nitrogen and oxygen atoms in total. The van der Waals surface area contributed by atoms with Crippen molar-refractivity contribution in [2.45, 2.75) is 113 Å². The highest BCUT2D eigenvalue weighted by Gasteiger charge is 2.65. The first kappa shape index (κ1) is 24.2. The third-order valence-electron chi connectivity index (χ3n) is 11.5. The molecule has 8 atom stereocenters. The van der Waals surface area contributed by atoms with Crippen LogP contribution in [0, 0.1) is 45.3 Å². The van der Waals surface area contributed by atoms with Crippen LogP contribution < -0.4 is 0 Å². The van der Waals surface area contributed by atoms with Crippen LogP contribution in [0.15, 0.2) is 23.3 Å². The number of rotatable bonds is 4. The van der Waals surface area contributed by atoms with Crippen LogP contribution in [0.1, 0.15) is 107 Å². The zero-order valence-corrected chi connectivity index (χ0v) is 22.1. The molecule has 0 aliphatic heterocycles. The van der Waals surface area contributed by atoms with Gasteiger partial charge in [-0.2, -0.15) is 0 Å². The molecule has 0 saturated heterocycles. The fourth-order valence-corrected chi connectivity index (χ4v) is 9.46. The van der Waals surface area contributed by atoms with Crippen LogP contribution in [-0.2, 0) is 4.79 Å². The first-order chi connectivity index (χ1) is 14.8. The van der Waals surface area contributed by atoms with Crippen LogP contribution in [0.2, 0.25) is 0 Å². The van der Waals surface area contributed by atoms with Crippen LogP contribution in [0.25, 0.3) is 0 Å². The third kappa shape index (κ3) is 3.33. The van der Waals surface area contributed by atoms with Crippen LogP contribution in [0.5, 0.6) is 0 Å². The van der Waals surface area contributed by atoms with Gasteiger partial charge in [0, 0.05) is 11.8 Å². The summed E-state index contributed by atoms with van der Waals surface area (Å²) in [6.07, 6.45) is 13.2. The Morgan fingerprint density at radius 3 is 2.47 bits per heavy atom. The SMILES string of the molecule is CC(C)=C[C@H](O)C[C@H](C)[C@@H]1CC[C@]2(C)C3=CC[C@H]4C(C)(C)C(=O)CC[C@]4(C)[C@H]3CC[C@@]12C. The lowest BCUT2D eigenvalue weighted by Gasteiger charge is -2.63. The molecule has 0 aromatic heterocycles. The summed E-state index contributed by atoms with van der Waals surface area (Å²) in [5.74, 6) is 2.80. The van der Waals surface area contributed by atoms with Crippen molar-refractivity contribution in [3.05, 3.63) is 23.3 Å². The molecule has 4 aliphatic carbocycles. The Labute approximate surface area is 197 Å². The molecule has 0 spiro atoms. The second-order valence-electron chi connectivity index (χ2n) is 13.6. The van der Waals surface area contributed by atoms with Gasteiger partial charge in [-0.15, -0.1) is 0 Å². The lowest BCUT2D eigenvalue weighted by molar-refractivity contribution is -0.146. The number of carbonyl (C=O) groups is 1. The van der Waals surface area contributed by atoms with E-state index in [0.717, 1.165) is 25.7 Å². The first-order valence-corrected chi connectivity index (χ1v) is 13.3. The predicted octanol–water partition coefficient (Wildman–Crippen LogP) is 7.51. The summed E-state index contributed by atoms with van der Waals surface area (Å²) >= 11 is 0. The second kappa shape index (κ2) is 7.82. The fraction of sp³-hybridized carbons (Fsp3) is 0.833. The lowest BCUT2D eigenvalue weighted by Crippen LogP contribution is -2.57. The number of carbonyl (C=O) groups excluding carboxylic acids is 1. The van der Waals surface area contributed by atoms with Crippen LogP contribution >= 0.6 is 0 Å². The number of hydrogen-bond donors (Lipinski definition) is 1. The van der Waals surface area contributed by atoms with Crippen molar-refractivity contribution < 1.29 is 9.90 Å². The van der Waals surface area contributed by atoms with Crippen molar-refractivity contribution in [1.29, 1.82) is 0 Å². The minimum atomic E-state index is -0.322. The van der Waals surface area contributed by atoms with E-state index in [4.69, 9.17) is 0 Å². The highest BCUT2D eigenvalue weighted by atomic mass is 16.3. The first-order valence-electron chi connectivity index (χ1n) is 13.3. The van der Waals surface area contributed by atoms with Crippen molar-refractivity contribution in [3.8, 4) is 0 Å². The Kier molecular flexibility index (Phi) is 5.93. The minimum Gasteiger partial charge on any atom is -0.389 e. The predicted molar refractivity (Wildman–Crippen MR) is 133 cm³/mol. The summed E-state index contributed by atoms with van der Waals surface area (Å²) in [5.41, 5.74) is 3.59. The molecular formula is C30H48O2. The summed E-state index contributed by atoms with van der Waals surface area (Å²) in [7, 11) is 0. The molecule has 0 bridgehead atoms. The molecule has 4 rings (SSSR count). The van der Waals surface area contributed by atoms with Gasteiger partial charge in [-0.1, -0.05) is 64.8 Å². The van der Waals surface area contributed by atoms with Crippen molar-refractivity contribution in [2.75, 3.05) is 0 Å². The van der Waals surface area contributed by atoms with Crippen molar-refractivity contribution in [3.63, 3.8) is 0 Å². The smallest absolute Gasteiger partial charge is 0.138 e. The van der Waals surface area contributed by atoms with E-state index in [2.05, 4.69) is 61.5 Å². The van der Waals surface area contributed by atoms with E-state index < -0.39 is 0 Å². The van der Waals surface area contributed by atoms with Gasteiger partial charge >= 0.3 is 0 Å². The topological polar surface area (TPSA) is 37.3 Å². The van der Waals surface area contributed by atoms with E-state index in [9.17, 15) is 9.90 Å². The zero-order valence-electron chi connectivity index (χ0n) is 22.1. The number of ketones is 1. The average molecular weight is 441 g/mol. The molecule has 2 heteroatoms. The number of fused-ring (bicyclic) bond motifs is 5. The van der Waals surface area contributed by atoms with Gasteiger partial charge in [-0.05, 0) is 98.7 Å². The summed E-state index contributed by atoms with van der Waals surface area (Å²) < 4.78 is 0. The largest absolute Gasteiger partial charge is 0.389 e. The average Bonchev–Trinajstić information content (AvgIpc) is 2.96. The Balaban J connectivity index is 1.64. The van der Waals surface area contributed by atoms with Crippen molar-refractivity contribution >= 4 is 5.78 Å². The van der Waals surface area contributed by atoms with Crippen LogP contribution in [-0.4, -0.2) is 17.0 Å². The maximum absolute atomic E-state index is 12.8. The molecule has 32 heavy (non-hydrogen) atoms. The van der Waals surface area contributed by atoms with Gasteiger partial charge < -0.3 is 5.11 Å². The van der Waals surface area contributed by atoms with Gasteiger partial charge in [-0.3, -0.25) is 4.79 Å². The van der Waals surface area contributed by atoms with E-state index in [1.54, 1.807) is 5.57 Å². The Hall–Kier alpha value is -0.890. The van der Waals surface area contributed by atoms with Crippen LogP contribution in [0.4, 0.5) is 0 Å². The van der Waals surface area contributed by atoms with Gasteiger partial charge in [-0.25, -0.2) is 0 Å². The minimum absolute atomic E-state index is 0.190. The standard InChI is InChI=1S/C30H48O2/c1-19(2)17-21(31)18-20(3)22-11-15-30(8)24-9-10-25-27(4,5)26(32)13-14-28(25,6)23(24)12-16-29(22,30)7/h9,17,20-23,25,31H,10-16,18H2,1-8H3/t20-,21-,22-,23-,25-,28+,29-,30+/m0/s1. The van der Waals surface area contributed by atoms with Gasteiger partial charge in [0.25, 0.3) is 0 Å². The summed E-state index contributed by atoms with van der Waals surface area (Å²) in [4.78, 5) is 12.8. The molecule has 3 saturated carbocycles. The molecule has 0 unspecified atom stereocenters. The number of hydrogen-bond acceptors (Lipinski definition) is 2. The maximum Gasteiger partial charge on any atom is 0.138 e. The second-order valence-corrected chi connectivity index (χ2v) is 13.6. The number of aliphatic hydroxyl groups excluding tert-OH is 1. The monoisotopic (exact) mass is 440 g/mol. The summed E-state index contributed by atoms with van der Waals surface area (Å²) in [6, 6.07) is 0. The molecule has 180 valence electrons. The molecule has 0 radical (unpaired) electrons. The lowest BCUT2D eigenvalue weighted by atomic mass is 9.41.